The number of rotatable bonds is 6. The first-order valence-corrected chi connectivity index (χ1v) is 21.8. The van der Waals surface area contributed by atoms with Crippen molar-refractivity contribution in [1.29, 1.82) is 0 Å². The molecule has 0 amide bonds. The first-order chi connectivity index (χ1) is 31.7. The number of para-hydroxylation sites is 2. The molecule has 12 aromatic carbocycles. The lowest BCUT2D eigenvalue weighted by molar-refractivity contribution is 0.647. The molecule has 0 saturated carbocycles. The van der Waals surface area contributed by atoms with Crippen molar-refractivity contribution in [2.75, 3.05) is 9.80 Å². The Hall–Kier alpha value is -8.60. The highest BCUT2D eigenvalue weighted by Crippen LogP contribution is 2.52. The lowest BCUT2D eigenvalue weighted by Crippen LogP contribution is -2.10. The van der Waals surface area contributed by atoms with Gasteiger partial charge >= 0.3 is 0 Å². The standard InChI is InChI=1S/C60H36N2O2/c1-3-17-41(18-4-1)61(51-23-11-15-37-13-7-9-21-45(37)51)43-27-25-39-33-55-57-47(49(39)35-43)29-31-53-59(57)60-54(63-55)32-30-48-50-36-44(28-26-40(50)34-56(64-53)58(48)60)62(42-19-5-2-6-20-42)52-24-12-16-38-14-8-10-22-46(38)52/h1-36H. The zero-order chi connectivity index (χ0) is 41.9. The molecule has 2 aliphatic heterocycles. The Bertz CT molecular complexity index is 3810. The molecule has 4 nitrogen and oxygen atoms in total. The van der Waals surface area contributed by atoms with Crippen LogP contribution < -0.4 is 9.80 Å². The van der Waals surface area contributed by atoms with E-state index in [4.69, 9.17) is 8.83 Å². The predicted molar refractivity (Wildman–Crippen MR) is 268 cm³/mol. The molecule has 2 heterocycles. The molecule has 14 rings (SSSR count). The fraction of sp³-hybridized carbons (Fsp3) is 0. The van der Waals surface area contributed by atoms with Crippen LogP contribution in [0.3, 0.4) is 0 Å². The monoisotopic (exact) mass is 816 g/mol. The number of hydrogen-bond donors (Lipinski definition) is 0. The van der Waals surface area contributed by atoms with Gasteiger partial charge < -0.3 is 18.6 Å². The van der Waals surface area contributed by atoms with Gasteiger partial charge in [0.25, 0.3) is 0 Å². The van der Waals surface area contributed by atoms with E-state index in [-0.39, 0.29) is 0 Å². The van der Waals surface area contributed by atoms with E-state index >= 15 is 0 Å². The van der Waals surface area contributed by atoms with Crippen molar-refractivity contribution < 1.29 is 8.83 Å². The van der Waals surface area contributed by atoms with Crippen LogP contribution in [0.4, 0.5) is 34.1 Å². The van der Waals surface area contributed by atoms with E-state index in [1.54, 1.807) is 0 Å². The molecule has 0 bridgehead atoms. The van der Waals surface area contributed by atoms with Gasteiger partial charge in [-0.05, 0) is 140 Å². The van der Waals surface area contributed by atoms with Crippen LogP contribution in [0.1, 0.15) is 0 Å². The Morgan fingerprint density at radius 2 is 0.672 bits per heavy atom. The zero-order valence-corrected chi connectivity index (χ0v) is 34.5. The van der Waals surface area contributed by atoms with Crippen LogP contribution in [0.2, 0.25) is 0 Å². The summed E-state index contributed by atoms with van der Waals surface area (Å²) in [5.41, 5.74) is 12.2. The summed E-state index contributed by atoms with van der Waals surface area (Å²) in [6.45, 7) is 0. The average molecular weight is 817 g/mol. The number of hydrogen-bond acceptors (Lipinski definition) is 4. The molecule has 0 N–H and O–H groups in total. The summed E-state index contributed by atoms with van der Waals surface area (Å²) in [5.74, 6) is 0. The maximum atomic E-state index is 6.97. The highest BCUT2D eigenvalue weighted by molar-refractivity contribution is 6.30. The molecule has 2 aliphatic rings. The van der Waals surface area contributed by atoms with Gasteiger partial charge in [-0.2, -0.15) is 0 Å². The van der Waals surface area contributed by atoms with Crippen LogP contribution in [-0.4, -0.2) is 0 Å². The fourth-order valence-corrected chi connectivity index (χ4v) is 10.5. The number of benzene rings is 12. The van der Waals surface area contributed by atoms with Gasteiger partial charge in [0.1, 0.15) is 22.3 Å². The molecule has 4 heteroatoms. The second kappa shape index (κ2) is 13.4. The maximum Gasteiger partial charge on any atom is 0.136 e. The maximum absolute atomic E-state index is 6.97. The minimum Gasteiger partial charge on any atom is -0.456 e. The molecule has 12 aromatic rings. The third-order valence-electron chi connectivity index (χ3n) is 13.3. The molecule has 0 unspecified atom stereocenters. The molecule has 64 heavy (non-hydrogen) atoms. The van der Waals surface area contributed by atoms with E-state index < -0.39 is 0 Å². The van der Waals surface area contributed by atoms with Crippen LogP contribution in [0, 0.1) is 0 Å². The average Bonchev–Trinajstić information content (AvgIpc) is 3.35. The van der Waals surface area contributed by atoms with E-state index in [1.165, 1.54) is 21.5 Å². The molecule has 0 saturated heterocycles. The summed E-state index contributed by atoms with van der Waals surface area (Å²) in [6, 6.07) is 78.4. The van der Waals surface area contributed by atoms with Gasteiger partial charge in [-0.1, -0.05) is 121 Å². The Morgan fingerprint density at radius 3 is 1.14 bits per heavy atom. The number of nitrogens with zero attached hydrogens (tertiary/aromatic N) is 2. The molecule has 0 radical (unpaired) electrons. The second-order valence-corrected chi connectivity index (χ2v) is 16.8. The summed E-state index contributed by atoms with van der Waals surface area (Å²) >= 11 is 0. The van der Waals surface area contributed by atoms with Crippen molar-refractivity contribution in [3.8, 4) is 11.1 Å². The van der Waals surface area contributed by atoms with Crippen molar-refractivity contribution in [3.63, 3.8) is 0 Å². The molecular formula is C60H36N2O2. The van der Waals surface area contributed by atoms with Crippen molar-refractivity contribution in [1.82, 2.24) is 0 Å². The quantitative estimate of drug-likeness (QED) is 0.124. The summed E-state index contributed by atoms with van der Waals surface area (Å²) < 4.78 is 13.9. The van der Waals surface area contributed by atoms with E-state index in [0.29, 0.717) is 0 Å². The van der Waals surface area contributed by atoms with Crippen LogP contribution >= 0.6 is 0 Å². The normalized spacial score (nSPS) is 12.1. The smallest absolute Gasteiger partial charge is 0.136 e. The Balaban J connectivity index is 0.991. The first-order valence-electron chi connectivity index (χ1n) is 21.8. The molecule has 0 fully saturated rings. The molecule has 0 aliphatic carbocycles. The third kappa shape index (κ3) is 5.11. The summed E-state index contributed by atoms with van der Waals surface area (Å²) in [6.07, 6.45) is 0. The molecule has 0 spiro atoms. The molecule has 298 valence electrons. The zero-order valence-electron chi connectivity index (χ0n) is 34.5. The summed E-state index contributed by atoms with van der Waals surface area (Å²) in [7, 11) is 0. The largest absolute Gasteiger partial charge is 0.456 e. The first kappa shape index (κ1) is 35.0. The van der Waals surface area contributed by atoms with Crippen molar-refractivity contribution in [2.45, 2.75) is 0 Å². The highest BCUT2D eigenvalue weighted by atomic mass is 16.3. The highest BCUT2D eigenvalue weighted by Gasteiger charge is 2.27. The van der Waals surface area contributed by atoms with Gasteiger partial charge in [0.2, 0.25) is 0 Å². The Labute approximate surface area is 367 Å². The van der Waals surface area contributed by atoms with E-state index in [2.05, 4.69) is 228 Å². The minimum absolute atomic E-state index is 0.844. The summed E-state index contributed by atoms with van der Waals surface area (Å²) in [5, 5.41) is 13.8. The molecule has 0 atom stereocenters. The van der Waals surface area contributed by atoms with Gasteiger partial charge in [0, 0.05) is 55.4 Å². The van der Waals surface area contributed by atoms with Crippen molar-refractivity contribution >= 4 is 121 Å². The van der Waals surface area contributed by atoms with Crippen LogP contribution in [0.25, 0.3) is 98.1 Å². The van der Waals surface area contributed by atoms with Gasteiger partial charge in [0.05, 0.1) is 11.4 Å². The van der Waals surface area contributed by atoms with Gasteiger partial charge in [-0.15, -0.1) is 0 Å². The van der Waals surface area contributed by atoms with E-state index in [0.717, 1.165) is 111 Å². The second-order valence-electron chi connectivity index (χ2n) is 16.8. The molecule has 0 aromatic heterocycles. The van der Waals surface area contributed by atoms with Crippen LogP contribution in [0.5, 0.6) is 0 Å². The Morgan fingerprint density at radius 1 is 0.250 bits per heavy atom. The SMILES string of the molecule is c1ccc(N(c2ccc3cc4oc5ccc6c7cc(N(c8ccccc8)c8cccc9ccccc89)ccc7cc7oc8ccc(c3c2)c4c8-c5c76)c2cccc3ccccc23)cc1. The third-order valence-corrected chi connectivity index (χ3v) is 13.3. The van der Waals surface area contributed by atoms with Crippen LogP contribution in [-0.2, 0) is 0 Å². The van der Waals surface area contributed by atoms with Gasteiger partial charge in [-0.25, -0.2) is 0 Å². The predicted octanol–water partition coefficient (Wildman–Crippen LogP) is 17.6. The lowest BCUT2D eigenvalue weighted by Gasteiger charge is -2.28. The molecular weight excluding hydrogens is 781 g/mol. The van der Waals surface area contributed by atoms with Gasteiger partial charge in [-0.3, -0.25) is 0 Å². The number of anilines is 6. The van der Waals surface area contributed by atoms with Crippen molar-refractivity contribution in [2.24, 2.45) is 0 Å². The van der Waals surface area contributed by atoms with E-state index in [1.807, 2.05) is 0 Å². The van der Waals surface area contributed by atoms with E-state index in [9.17, 15) is 0 Å². The number of fused-ring (bicyclic) bond motifs is 6. The fourth-order valence-electron chi connectivity index (χ4n) is 10.5. The summed E-state index contributed by atoms with van der Waals surface area (Å²) in [4.78, 5) is 4.75. The van der Waals surface area contributed by atoms with Crippen LogP contribution in [0.15, 0.2) is 227 Å². The topological polar surface area (TPSA) is 32.8 Å². The Kier molecular flexibility index (Phi) is 7.36. The van der Waals surface area contributed by atoms with Crippen molar-refractivity contribution in [3.05, 3.63) is 218 Å². The minimum atomic E-state index is 0.844. The van der Waals surface area contributed by atoms with Gasteiger partial charge in [0.15, 0.2) is 0 Å². The lowest BCUT2D eigenvalue weighted by atomic mass is 9.87.